The molecule has 3 nitrogen and oxygen atoms in total. The Morgan fingerprint density at radius 2 is 0.875 bits per heavy atom. The molecule has 0 rings (SSSR count). The summed E-state index contributed by atoms with van der Waals surface area (Å²) in [6.45, 7) is 1.38. The fourth-order valence-corrected chi connectivity index (χ4v) is 0.208. The average Bonchev–Trinajstić information content (AvgIpc) is 2.13. The molecular formula is C5H4NO2W16-3. The Morgan fingerprint density at radius 3 is 0.875 bits per heavy atom. The summed E-state index contributed by atoms with van der Waals surface area (Å²) in [5.74, 6) is -1.04. The van der Waals surface area contributed by atoms with E-state index in [1.54, 1.807) is 64.9 Å². The Bertz CT molecular complexity index is 180. The predicted octanol–water partition coefficient (Wildman–Crippen LogP) is 0.331. The molecule has 0 fully saturated rings. The molecule has 0 atom stereocenters. The van der Waals surface area contributed by atoms with Gasteiger partial charge in [-0.05, 0) is 0 Å². The van der Waals surface area contributed by atoms with Crippen LogP contribution in [-0.4, -0.2) is 17.3 Å². The van der Waals surface area contributed by atoms with Crippen LogP contribution >= 0.6 is 0 Å². The molecule has 0 amide bonds. The van der Waals surface area contributed by atoms with Gasteiger partial charge in [-0.1, -0.05) is 0 Å². The third kappa shape index (κ3) is 95.1. The Kier molecular flexibility index (Phi) is 447. The van der Waals surface area contributed by atoms with Crippen LogP contribution in [-0.2, 0) is 322 Å². The molecule has 0 heterocycles. The summed E-state index contributed by atoms with van der Waals surface area (Å²) in [5.41, 5.74) is -0.343. The van der Waals surface area contributed by atoms with E-state index in [1.807, 2.05) is 0 Å². The van der Waals surface area contributed by atoms with Crippen molar-refractivity contribution in [2.75, 3.05) is 0 Å². The van der Waals surface area contributed by atoms with E-state index in [4.69, 9.17) is 10.5 Å². The van der Waals surface area contributed by atoms with Crippen LogP contribution in [0.25, 0.3) is 5.41 Å². The van der Waals surface area contributed by atoms with E-state index in [0.717, 1.165) is 0 Å². The zero-order valence-corrected chi connectivity index (χ0v) is 57.8. The van der Waals surface area contributed by atoms with Gasteiger partial charge in [0, 0.05) is 253 Å². The molecule has 0 saturated heterocycles. The van der Waals surface area contributed by atoms with Gasteiger partial charge in [0.05, 0.1) is 0 Å². The Labute approximate surface area is 354 Å². The summed E-state index contributed by atoms with van der Waals surface area (Å²) in [6.07, 6.45) is 3.48. The molecule has 140 valence electrons. The minimum atomic E-state index is -1.04. The van der Waals surface area contributed by atoms with Crippen molar-refractivity contribution in [2.24, 2.45) is 0 Å². The molecule has 0 radical (unpaired) electrons. The van der Waals surface area contributed by atoms with E-state index in [9.17, 15) is 4.79 Å². The monoisotopic (exact) mass is 3050 g/mol. The molecule has 24 heavy (non-hydrogen) atoms. The molecule has 0 aromatic heterocycles. The van der Waals surface area contributed by atoms with Gasteiger partial charge in [0.2, 0.25) is 0 Å². The zero-order valence-electron chi connectivity index (χ0n) is 10.8. The number of aliphatic hydroxyl groups is 1. The van der Waals surface area contributed by atoms with E-state index in [0.29, 0.717) is 0 Å². The molecule has 19 heteroatoms. The van der Waals surface area contributed by atoms with E-state index < -0.39 is 5.90 Å². The van der Waals surface area contributed by atoms with E-state index in [1.165, 1.54) is 13.2 Å². The molecule has 0 spiro atoms. The number of rotatable bonds is 2. The SMILES string of the molecule is C[C-]=C([C-]=O)C(=[N-])O.[W].[W].[W].[W].[W].[W].[W].[W].[W].[W].[W].[W].[W]=[W].[W]=[W]. The third-order valence-corrected chi connectivity index (χ3v) is 0.576. The van der Waals surface area contributed by atoms with Crippen LogP contribution in [0.5, 0.6) is 0 Å². The average molecular weight is 3050 g/mol. The van der Waals surface area contributed by atoms with Gasteiger partial charge >= 0.3 is 64.9 Å². The molecule has 0 saturated carbocycles. The van der Waals surface area contributed by atoms with Gasteiger partial charge in [0.15, 0.2) is 0 Å². The summed E-state index contributed by atoms with van der Waals surface area (Å²) >= 11 is 6.67. The van der Waals surface area contributed by atoms with E-state index >= 15 is 0 Å². The quantitative estimate of drug-likeness (QED) is 0.188. The first-order valence-corrected chi connectivity index (χ1v) is 24.2. The van der Waals surface area contributed by atoms with Crippen molar-refractivity contribution in [1.82, 2.24) is 0 Å². The molecule has 0 unspecified atom stereocenters. The molecule has 0 aromatic carbocycles. The molecule has 0 aliphatic heterocycles. The van der Waals surface area contributed by atoms with Crippen molar-refractivity contribution in [2.45, 2.75) is 6.92 Å². The summed E-state index contributed by atoms with van der Waals surface area (Å²) in [6, 6.07) is 0. The van der Waals surface area contributed by atoms with Crippen molar-refractivity contribution in [3.63, 3.8) is 0 Å². The van der Waals surface area contributed by atoms with Gasteiger partial charge < -0.3 is 27.0 Å². The molecular weight excluding hydrogens is 3050 g/mol. The minimum absolute atomic E-state index is 0. The molecule has 0 bridgehead atoms. The fourth-order valence-electron chi connectivity index (χ4n) is 0.208. The fraction of sp³-hybridized carbons (Fsp3) is 0.200. The van der Waals surface area contributed by atoms with Crippen LogP contribution in [0.4, 0.5) is 0 Å². The first kappa shape index (κ1) is 103. The first-order chi connectivity index (χ1) is 5.72. The van der Waals surface area contributed by atoms with Gasteiger partial charge in [-0.15, -0.1) is 6.29 Å². The molecule has 0 aliphatic rings. The second-order valence-electron chi connectivity index (χ2n) is 1.05. The normalized spacial score (nSPS) is 3.96. The topological polar surface area (TPSA) is 59.6 Å². The van der Waals surface area contributed by atoms with E-state index in [-0.39, 0.29) is 258 Å². The van der Waals surface area contributed by atoms with Gasteiger partial charge in [-0.3, -0.25) is 5.90 Å². The number of aliphatic hydroxyl groups excluding tert-OH is 1. The second kappa shape index (κ2) is 105. The van der Waals surface area contributed by atoms with Crippen LogP contribution in [0.15, 0.2) is 5.57 Å². The van der Waals surface area contributed by atoms with Gasteiger partial charge in [-0.2, -0.15) is 6.92 Å². The van der Waals surface area contributed by atoms with Crippen molar-refractivity contribution in [1.29, 1.82) is 0 Å². The number of allylic oxidation sites excluding steroid dienone is 1. The summed E-state index contributed by atoms with van der Waals surface area (Å²) in [7, 11) is 0. The maximum atomic E-state index is 9.61. The molecule has 1 N–H and O–H groups in total. The van der Waals surface area contributed by atoms with Crippen molar-refractivity contribution >= 4 is 12.2 Å². The maximum absolute atomic E-state index is 9.61. The predicted molar refractivity (Wildman–Crippen MR) is 29.1 cm³/mol. The Hall–Kier alpha value is 9.89. The van der Waals surface area contributed by atoms with Gasteiger partial charge in [0.25, 0.3) is 0 Å². The van der Waals surface area contributed by atoms with Crippen LogP contribution in [0.2, 0.25) is 0 Å². The van der Waals surface area contributed by atoms with Crippen LogP contribution in [0, 0.1) is 6.08 Å². The number of nitrogens with zero attached hydrogens (tertiary/aromatic N) is 1. The zero-order chi connectivity index (χ0) is 10.6. The van der Waals surface area contributed by atoms with E-state index in [2.05, 4.69) is 6.08 Å². The Morgan fingerprint density at radius 1 is 0.708 bits per heavy atom. The van der Waals surface area contributed by atoms with Gasteiger partial charge in [-0.25, -0.2) is 0 Å². The standard InChI is InChI=1S/C5H4NO2.16W/c1-2-4(3-7)5(6)8;;;;;;;;;;;;;;;;/h1H3,(H-,6,8);;;;;;;;;;;;;;;;/q-3;;;;;;;;;;;;;;;;. The first-order valence-electron chi connectivity index (χ1n) is 2.23. The van der Waals surface area contributed by atoms with Crippen LogP contribution < -0.4 is 0 Å². The third-order valence-electron chi connectivity index (χ3n) is 0.576. The summed E-state index contributed by atoms with van der Waals surface area (Å²) in [4.78, 5) is 9.61. The van der Waals surface area contributed by atoms with Crippen LogP contribution in [0.1, 0.15) is 6.92 Å². The summed E-state index contributed by atoms with van der Waals surface area (Å²) in [5, 5.41) is 16.2. The van der Waals surface area contributed by atoms with Crippen LogP contribution in [0.3, 0.4) is 0 Å². The molecule has 0 aromatic rings. The van der Waals surface area contributed by atoms with Crippen molar-refractivity contribution in [3.05, 3.63) is 17.1 Å². The number of carbonyl (C=O) groups excluding carboxylic acids is 1. The number of hydrogen-bond donors (Lipinski definition) is 1. The Balaban J connectivity index is -0.00000000366. The summed E-state index contributed by atoms with van der Waals surface area (Å²) < 4.78 is 0. The van der Waals surface area contributed by atoms with Gasteiger partial charge in [0.1, 0.15) is 0 Å². The number of hydrogen-bond acceptors (Lipinski definition) is 1. The second-order valence-corrected chi connectivity index (χ2v) is 1.05. The van der Waals surface area contributed by atoms with Crippen molar-refractivity contribution in [3.8, 4) is 0 Å². The van der Waals surface area contributed by atoms with Crippen molar-refractivity contribution < 1.29 is 328 Å². The molecule has 0 aliphatic carbocycles.